The molecule has 1 heterocycles. The van der Waals surface area contributed by atoms with E-state index in [-0.39, 0.29) is 17.7 Å². The van der Waals surface area contributed by atoms with Gasteiger partial charge in [-0.3, -0.25) is 4.79 Å². The Morgan fingerprint density at radius 1 is 0.938 bits per heavy atom. The van der Waals surface area contributed by atoms with Crippen molar-refractivity contribution in [1.29, 1.82) is 0 Å². The van der Waals surface area contributed by atoms with Gasteiger partial charge in [-0.05, 0) is 104 Å². The number of likely N-dealkylation sites (N-methyl/N-ethyl adjacent to an activating group) is 2. The Morgan fingerprint density at radius 2 is 1.60 bits per heavy atom. The molecule has 2 N–H and O–H groups in total. The van der Waals surface area contributed by atoms with E-state index in [9.17, 15) is 19.1 Å². The number of ether oxygens (including phenoxy) is 2. The molecule has 254 valence electrons. The highest BCUT2D eigenvalue weighted by molar-refractivity contribution is 5.94. The molecule has 0 fully saturated rings. The number of nitrogens with one attached hydrogen (secondary N) is 1. The number of hydrogen-bond donors (Lipinski definition) is 2. The zero-order valence-corrected chi connectivity index (χ0v) is 28.5. The Balaban J connectivity index is 1.69. The molecule has 11 nitrogen and oxygen atoms in total. The summed E-state index contributed by atoms with van der Waals surface area (Å²) in [5, 5.41) is 13.8. The second-order valence-electron chi connectivity index (χ2n) is 11.3. The number of hydrogen-bond acceptors (Lipinski definition) is 8. The average molecular weight is 659 g/mol. The Bertz CT molecular complexity index is 1710. The van der Waals surface area contributed by atoms with Crippen LogP contribution in [0.1, 0.15) is 52.5 Å². The van der Waals surface area contributed by atoms with Gasteiger partial charge in [-0.1, -0.05) is 13.8 Å². The summed E-state index contributed by atoms with van der Waals surface area (Å²) in [6.07, 6.45) is 0.152. The molecule has 3 aromatic carbocycles. The predicted molar refractivity (Wildman–Crippen MR) is 184 cm³/mol. The fraction of sp³-hybridized carbons (Fsp3) is 0.333. The van der Waals surface area contributed by atoms with Gasteiger partial charge in [0.15, 0.2) is 0 Å². The standard InChI is InChI=1S/C36H43FN6O5/c1-8-42(9-2)19-18-41(5)34(44)25-10-12-27(13-11-25)39-35-38-17-16-31(40-35)43(36(45)46)33(32-23(3)20-26(37)21-24(32)4)29-22-28(47-6)14-15-30(29)48-7/h10-17,20-22,33H,8-9,18-19H2,1-7H3,(H,45,46)(H,38,39,40). The van der Waals surface area contributed by atoms with E-state index < -0.39 is 18.0 Å². The number of rotatable bonds is 14. The minimum atomic E-state index is -1.30. The summed E-state index contributed by atoms with van der Waals surface area (Å²) in [5.41, 5.74) is 3.29. The molecule has 0 aliphatic carbocycles. The molecule has 0 saturated heterocycles. The first-order valence-corrected chi connectivity index (χ1v) is 15.7. The maximum absolute atomic E-state index is 14.5. The van der Waals surface area contributed by atoms with Crippen molar-refractivity contribution < 1.29 is 28.6 Å². The number of anilines is 3. The Hall–Kier alpha value is -5.23. The number of benzene rings is 3. The molecule has 1 atom stereocenters. The molecule has 4 rings (SSSR count). The largest absolute Gasteiger partial charge is 0.497 e. The lowest BCUT2D eigenvalue weighted by molar-refractivity contribution is 0.0779. The van der Waals surface area contributed by atoms with Crippen LogP contribution in [0.3, 0.4) is 0 Å². The summed E-state index contributed by atoms with van der Waals surface area (Å²) in [7, 11) is 4.79. The number of amides is 2. The van der Waals surface area contributed by atoms with Crippen LogP contribution in [0.5, 0.6) is 11.5 Å². The molecule has 0 aliphatic heterocycles. The number of halogens is 1. The van der Waals surface area contributed by atoms with Crippen LogP contribution in [-0.2, 0) is 0 Å². The minimum absolute atomic E-state index is 0.0691. The summed E-state index contributed by atoms with van der Waals surface area (Å²) >= 11 is 0. The van der Waals surface area contributed by atoms with E-state index in [1.165, 1.54) is 38.6 Å². The molecule has 2 amide bonds. The van der Waals surface area contributed by atoms with Crippen molar-refractivity contribution in [2.75, 3.05) is 57.7 Å². The number of carbonyl (C=O) groups excluding carboxylic acids is 1. The number of carboxylic acid groups (broad SMARTS) is 1. The summed E-state index contributed by atoms with van der Waals surface area (Å²) in [6, 6.07) is 15.3. The lowest BCUT2D eigenvalue weighted by Crippen LogP contribution is -2.36. The highest BCUT2D eigenvalue weighted by atomic mass is 19.1. The van der Waals surface area contributed by atoms with Gasteiger partial charge in [-0.25, -0.2) is 19.1 Å². The lowest BCUT2D eigenvalue weighted by atomic mass is 9.89. The first kappa shape index (κ1) is 35.6. The van der Waals surface area contributed by atoms with Gasteiger partial charge in [0.25, 0.3) is 5.91 Å². The first-order chi connectivity index (χ1) is 23.0. The fourth-order valence-electron chi connectivity index (χ4n) is 5.69. The molecule has 1 unspecified atom stereocenters. The van der Waals surface area contributed by atoms with Crippen LogP contribution in [0, 0.1) is 19.7 Å². The molecule has 0 spiro atoms. The van der Waals surface area contributed by atoms with Crippen LogP contribution in [0.2, 0.25) is 0 Å². The van der Waals surface area contributed by atoms with E-state index in [1.807, 2.05) is 0 Å². The van der Waals surface area contributed by atoms with Crippen molar-refractivity contribution in [3.63, 3.8) is 0 Å². The summed E-state index contributed by atoms with van der Waals surface area (Å²) in [6.45, 7) is 10.9. The van der Waals surface area contributed by atoms with Gasteiger partial charge in [0.2, 0.25) is 5.95 Å². The van der Waals surface area contributed by atoms with E-state index in [2.05, 4.69) is 34.0 Å². The Kier molecular flexibility index (Phi) is 11.9. The van der Waals surface area contributed by atoms with Crippen LogP contribution >= 0.6 is 0 Å². The second-order valence-corrected chi connectivity index (χ2v) is 11.3. The molecule has 4 aromatic rings. The van der Waals surface area contributed by atoms with E-state index in [0.717, 1.165) is 24.5 Å². The molecule has 0 aliphatic rings. The number of aromatic nitrogens is 2. The van der Waals surface area contributed by atoms with Crippen molar-refractivity contribution in [2.45, 2.75) is 33.7 Å². The second kappa shape index (κ2) is 16.1. The Labute approximate surface area is 280 Å². The van der Waals surface area contributed by atoms with Crippen molar-refractivity contribution in [3.05, 3.63) is 100 Å². The number of methoxy groups -OCH3 is 2. The molecule has 0 radical (unpaired) electrons. The topological polar surface area (TPSA) is 120 Å². The highest BCUT2D eigenvalue weighted by Gasteiger charge is 2.34. The normalized spacial score (nSPS) is 11.6. The highest BCUT2D eigenvalue weighted by Crippen LogP contribution is 2.41. The van der Waals surface area contributed by atoms with Gasteiger partial charge in [0.05, 0.1) is 20.3 Å². The van der Waals surface area contributed by atoms with Crippen LogP contribution in [-0.4, -0.2) is 84.3 Å². The maximum atomic E-state index is 14.5. The zero-order chi connectivity index (χ0) is 35.0. The van der Waals surface area contributed by atoms with Crippen molar-refractivity contribution in [2.24, 2.45) is 0 Å². The monoisotopic (exact) mass is 658 g/mol. The van der Waals surface area contributed by atoms with Crippen LogP contribution in [0.4, 0.5) is 26.6 Å². The van der Waals surface area contributed by atoms with Gasteiger partial charge < -0.3 is 29.7 Å². The van der Waals surface area contributed by atoms with E-state index >= 15 is 0 Å². The summed E-state index contributed by atoms with van der Waals surface area (Å²) < 4.78 is 25.6. The minimum Gasteiger partial charge on any atom is -0.497 e. The third kappa shape index (κ3) is 8.18. The molecule has 0 saturated carbocycles. The van der Waals surface area contributed by atoms with Crippen molar-refractivity contribution in [1.82, 2.24) is 19.8 Å². The molecular weight excluding hydrogens is 615 g/mol. The van der Waals surface area contributed by atoms with E-state index in [0.29, 0.717) is 51.5 Å². The van der Waals surface area contributed by atoms with Gasteiger partial charge in [0, 0.05) is 43.1 Å². The average Bonchev–Trinajstić information content (AvgIpc) is 3.07. The maximum Gasteiger partial charge on any atom is 0.413 e. The molecule has 0 bridgehead atoms. The number of nitrogens with zero attached hydrogens (tertiary/aromatic N) is 5. The first-order valence-electron chi connectivity index (χ1n) is 15.7. The van der Waals surface area contributed by atoms with Gasteiger partial charge in [0.1, 0.15) is 23.1 Å². The number of carbonyl (C=O) groups is 2. The number of aryl methyl sites for hydroxylation is 2. The SMILES string of the molecule is CCN(CC)CCN(C)C(=O)c1ccc(Nc2nccc(N(C(=O)O)C(c3cc(OC)ccc3OC)c3c(C)cc(F)cc3C)n2)cc1. The lowest BCUT2D eigenvalue weighted by Gasteiger charge is -2.32. The molecular formula is C36H43FN6O5. The van der Waals surface area contributed by atoms with Crippen LogP contribution < -0.4 is 19.7 Å². The van der Waals surface area contributed by atoms with Crippen molar-refractivity contribution in [3.8, 4) is 11.5 Å². The quantitative estimate of drug-likeness (QED) is 0.153. The van der Waals surface area contributed by atoms with Crippen LogP contribution in [0.15, 0.2) is 66.9 Å². The molecule has 12 heteroatoms. The third-order valence-electron chi connectivity index (χ3n) is 8.30. The fourth-order valence-corrected chi connectivity index (χ4v) is 5.69. The predicted octanol–water partition coefficient (Wildman–Crippen LogP) is 6.68. The van der Waals surface area contributed by atoms with E-state index in [1.54, 1.807) is 68.3 Å². The summed E-state index contributed by atoms with van der Waals surface area (Å²) in [4.78, 5) is 40.1. The molecule has 48 heavy (non-hydrogen) atoms. The smallest absolute Gasteiger partial charge is 0.413 e. The van der Waals surface area contributed by atoms with Gasteiger partial charge >= 0.3 is 6.09 Å². The van der Waals surface area contributed by atoms with Gasteiger partial charge in [-0.2, -0.15) is 4.98 Å². The third-order valence-corrected chi connectivity index (χ3v) is 8.30. The van der Waals surface area contributed by atoms with Crippen molar-refractivity contribution >= 4 is 29.5 Å². The Morgan fingerprint density at radius 3 is 2.19 bits per heavy atom. The van der Waals surface area contributed by atoms with Gasteiger partial charge in [-0.15, -0.1) is 0 Å². The molecule has 1 aromatic heterocycles. The van der Waals surface area contributed by atoms with Crippen LogP contribution in [0.25, 0.3) is 0 Å². The van der Waals surface area contributed by atoms with E-state index in [4.69, 9.17) is 9.47 Å². The summed E-state index contributed by atoms with van der Waals surface area (Å²) in [5.74, 6) is 0.586. The zero-order valence-electron chi connectivity index (χ0n) is 28.5.